The molecule has 2 saturated heterocycles. The molecular weight excluding hydrogens is 369 g/mol. The van der Waals surface area contributed by atoms with Crippen LogP contribution >= 0.6 is 0 Å². The van der Waals surface area contributed by atoms with Gasteiger partial charge in [-0.1, -0.05) is 0 Å². The normalized spacial score (nSPS) is 24.4. The molecule has 27 heavy (non-hydrogen) atoms. The minimum absolute atomic E-state index is 0.0297. The first-order valence-corrected chi connectivity index (χ1v) is 10.7. The Labute approximate surface area is 160 Å². The molecule has 10 heteroatoms. The molecule has 0 spiro atoms. The van der Waals surface area contributed by atoms with E-state index >= 15 is 0 Å². The summed E-state index contributed by atoms with van der Waals surface area (Å²) >= 11 is 0. The molecule has 1 aromatic rings. The van der Waals surface area contributed by atoms with Gasteiger partial charge in [0.25, 0.3) is 0 Å². The summed E-state index contributed by atoms with van der Waals surface area (Å²) in [4.78, 5) is 21.2. The molecule has 3 rings (SSSR count). The zero-order chi connectivity index (χ0) is 20.0. The van der Waals surface area contributed by atoms with Gasteiger partial charge in [0.05, 0.1) is 17.0 Å². The van der Waals surface area contributed by atoms with E-state index < -0.39 is 28.2 Å². The Kier molecular flexibility index (Phi) is 5.11. The van der Waals surface area contributed by atoms with E-state index in [0.717, 1.165) is 0 Å². The fourth-order valence-electron chi connectivity index (χ4n) is 3.23. The summed E-state index contributed by atoms with van der Waals surface area (Å²) in [6.45, 7) is 10.3. The lowest BCUT2D eigenvalue weighted by Crippen LogP contribution is -2.41. The molecule has 2 fully saturated rings. The highest BCUT2D eigenvalue weighted by Crippen LogP contribution is 2.36. The summed E-state index contributed by atoms with van der Waals surface area (Å²) in [6, 6.07) is 0. The van der Waals surface area contributed by atoms with E-state index in [1.165, 1.54) is 19.3 Å². The minimum Gasteiger partial charge on any atom is -0.399 e. The Morgan fingerprint density at radius 2 is 1.78 bits per heavy atom. The summed E-state index contributed by atoms with van der Waals surface area (Å²) < 4.78 is 37.1. The Balaban J connectivity index is 1.69. The number of hydrogen-bond acceptors (Lipinski definition) is 7. The molecule has 1 amide bonds. The van der Waals surface area contributed by atoms with Crippen molar-refractivity contribution in [3.63, 3.8) is 0 Å². The second-order valence-electron chi connectivity index (χ2n) is 8.29. The lowest BCUT2D eigenvalue weighted by atomic mass is 9.81. The van der Waals surface area contributed by atoms with E-state index in [1.807, 2.05) is 27.7 Å². The van der Waals surface area contributed by atoms with Crippen LogP contribution in [0.2, 0.25) is 0 Å². The van der Waals surface area contributed by atoms with Crippen molar-refractivity contribution >= 4 is 28.3 Å². The molecule has 3 heterocycles. The minimum atomic E-state index is -3.62. The largest absolute Gasteiger partial charge is 0.498 e. The van der Waals surface area contributed by atoms with Gasteiger partial charge in [0.1, 0.15) is 0 Å². The highest BCUT2D eigenvalue weighted by Gasteiger charge is 2.52. The third-order valence-electron chi connectivity index (χ3n) is 5.64. The molecule has 0 bridgehead atoms. The third kappa shape index (κ3) is 4.02. The molecule has 148 valence electrons. The lowest BCUT2D eigenvalue weighted by molar-refractivity contribution is -0.127. The Bertz CT molecular complexity index is 809. The van der Waals surface area contributed by atoms with Crippen molar-refractivity contribution in [1.29, 1.82) is 0 Å². The molecule has 0 unspecified atom stereocenters. The molecule has 1 aromatic heterocycles. The van der Waals surface area contributed by atoms with Gasteiger partial charge in [-0.3, -0.25) is 4.79 Å². The van der Waals surface area contributed by atoms with Crippen LogP contribution in [0.3, 0.4) is 0 Å². The fourth-order valence-corrected chi connectivity index (χ4v) is 4.70. The standard InChI is InChI=1S/C17H26BN3O5S/c1-12(22)21-7-6-13(10-21)11-27(23,24)15-19-8-14(9-20-15)18-25-16(2,3)17(4,5)26-18/h8-9,13H,6-7,10-11H2,1-5H3/t13-/m0/s1. The summed E-state index contributed by atoms with van der Waals surface area (Å²) in [5.74, 6) is -0.185. The van der Waals surface area contributed by atoms with Crippen molar-refractivity contribution in [2.75, 3.05) is 18.8 Å². The lowest BCUT2D eigenvalue weighted by Gasteiger charge is -2.32. The van der Waals surface area contributed by atoms with E-state index in [2.05, 4.69) is 9.97 Å². The second-order valence-corrected chi connectivity index (χ2v) is 10.2. The van der Waals surface area contributed by atoms with Crippen molar-refractivity contribution < 1.29 is 22.5 Å². The summed E-state index contributed by atoms with van der Waals surface area (Å²) in [5, 5.41) is -0.205. The van der Waals surface area contributed by atoms with E-state index in [0.29, 0.717) is 25.0 Å². The van der Waals surface area contributed by atoms with Gasteiger partial charge in [0.15, 0.2) is 0 Å². The Hall–Kier alpha value is -1.52. The van der Waals surface area contributed by atoms with E-state index in [1.54, 1.807) is 4.90 Å². The number of sulfone groups is 1. The van der Waals surface area contributed by atoms with Crippen LogP contribution in [-0.2, 0) is 23.9 Å². The molecule has 8 nitrogen and oxygen atoms in total. The molecule has 1 atom stereocenters. The van der Waals surface area contributed by atoms with Crippen molar-refractivity contribution in [2.45, 2.75) is 57.4 Å². The smallest absolute Gasteiger partial charge is 0.399 e. The summed E-state index contributed by atoms with van der Waals surface area (Å²) in [5.41, 5.74) is -0.405. The molecule has 0 N–H and O–H groups in total. The molecule has 2 aliphatic heterocycles. The molecule has 0 aromatic carbocycles. The average Bonchev–Trinajstić information content (AvgIpc) is 3.09. The van der Waals surface area contributed by atoms with Crippen molar-refractivity contribution in [1.82, 2.24) is 14.9 Å². The van der Waals surface area contributed by atoms with Gasteiger partial charge in [-0.15, -0.1) is 0 Å². The van der Waals surface area contributed by atoms with Gasteiger partial charge < -0.3 is 14.2 Å². The van der Waals surface area contributed by atoms with Crippen LogP contribution in [0.1, 0.15) is 41.0 Å². The van der Waals surface area contributed by atoms with Gasteiger partial charge in [-0.2, -0.15) is 0 Å². The topological polar surface area (TPSA) is 98.7 Å². The Morgan fingerprint density at radius 1 is 1.22 bits per heavy atom. The van der Waals surface area contributed by atoms with Crippen LogP contribution in [0.25, 0.3) is 0 Å². The predicted molar refractivity (Wildman–Crippen MR) is 100 cm³/mol. The summed E-state index contributed by atoms with van der Waals surface area (Å²) in [6.07, 6.45) is 3.56. The third-order valence-corrected chi connectivity index (χ3v) is 7.32. The number of nitrogens with zero attached hydrogens (tertiary/aromatic N) is 3. The molecule has 0 radical (unpaired) electrons. The first kappa shape index (κ1) is 20.2. The van der Waals surface area contributed by atoms with Gasteiger partial charge in [-0.25, -0.2) is 18.4 Å². The average molecular weight is 395 g/mol. The van der Waals surface area contributed by atoms with Crippen molar-refractivity contribution in [2.24, 2.45) is 5.92 Å². The van der Waals surface area contributed by atoms with Crippen LogP contribution in [0.15, 0.2) is 17.6 Å². The SMILES string of the molecule is CC(=O)N1CC[C@H](CS(=O)(=O)c2ncc(B3OC(C)(C)C(C)(C)O3)cn2)C1. The monoisotopic (exact) mass is 395 g/mol. The summed E-state index contributed by atoms with van der Waals surface area (Å²) in [7, 11) is -4.25. The predicted octanol–water partition coefficient (Wildman–Crippen LogP) is 0.418. The molecule has 0 saturated carbocycles. The fraction of sp³-hybridized carbons (Fsp3) is 0.706. The van der Waals surface area contributed by atoms with Crippen molar-refractivity contribution in [3.8, 4) is 0 Å². The second kappa shape index (κ2) is 6.82. The zero-order valence-corrected chi connectivity index (χ0v) is 17.2. The van der Waals surface area contributed by atoms with Gasteiger partial charge in [0.2, 0.25) is 20.9 Å². The van der Waals surface area contributed by atoms with Crippen LogP contribution < -0.4 is 5.46 Å². The maximum atomic E-state index is 12.6. The first-order chi connectivity index (χ1) is 12.4. The Morgan fingerprint density at radius 3 is 2.26 bits per heavy atom. The number of rotatable bonds is 4. The van der Waals surface area contributed by atoms with Gasteiger partial charge >= 0.3 is 7.12 Å². The number of carbonyl (C=O) groups excluding carboxylic acids is 1. The van der Waals surface area contributed by atoms with Crippen LogP contribution in [0, 0.1) is 5.92 Å². The maximum absolute atomic E-state index is 12.6. The number of likely N-dealkylation sites (tertiary alicyclic amines) is 1. The van der Waals surface area contributed by atoms with Gasteiger partial charge in [-0.05, 0) is 40.0 Å². The number of hydrogen-bond donors (Lipinski definition) is 0. The molecule has 2 aliphatic rings. The first-order valence-electron chi connectivity index (χ1n) is 9.07. The van der Waals surface area contributed by atoms with Crippen molar-refractivity contribution in [3.05, 3.63) is 12.4 Å². The molecule has 0 aliphatic carbocycles. The van der Waals surface area contributed by atoms with Crippen LogP contribution in [0.4, 0.5) is 0 Å². The highest BCUT2D eigenvalue weighted by atomic mass is 32.2. The number of carbonyl (C=O) groups is 1. The van der Waals surface area contributed by atoms with E-state index in [4.69, 9.17) is 9.31 Å². The van der Waals surface area contributed by atoms with E-state index in [9.17, 15) is 13.2 Å². The number of amides is 1. The van der Waals surface area contributed by atoms with Gasteiger partial charge in [0, 0.05) is 37.9 Å². The zero-order valence-electron chi connectivity index (χ0n) is 16.4. The molecular formula is C17H26BN3O5S. The van der Waals surface area contributed by atoms with E-state index in [-0.39, 0.29) is 22.7 Å². The number of aromatic nitrogens is 2. The highest BCUT2D eigenvalue weighted by molar-refractivity contribution is 7.91. The van der Waals surface area contributed by atoms with Crippen LogP contribution in [-0.4, -0.2) is 66.4 Å². The maximum Gasteiger partial charge on any atom is 0.498 e. The van der Waals surface area contributed by atoms with Crippen LogP contribution in [0.5, 0.6) is 0 Å². The quantitative estimate of drug-likeness (QED) is 0.538.